The third-order valence-corrected chi connectivity index (χ3v) is 1.75. The molecular weight excluding hydrogens is 220 g/mol. The van der Waals surface area contributed by atoms with Crippen molar-refractivity contribution >= 4 is 23.5 Å². The van der Waals surface area contributed by atoms with Crippen LogP contribution in [0.2, 0.25) is 0 Å². The molecule has 0 unspecified atom stereocenters. The summed E-state index contributed by atoms with van der Waals surface area (Å²) in [7, 11) is 0. The van der Waals surface area contributed by atoms with Crippen LogP contribution in [0.5, 0.6) is 0 Å². The first kappa shape index (κ1) is 12.6. The molecule has 0 bridgehead atoms. The van der Waals surface area contributed by atoms with Gasteiger partial charge in [-0.05, 0) is 39.1 Å². The van der Waals surface area contributed by atoms with Gasteiger partial charge in [-0.2, -0.15) is 5.10 Å². The van der Waals surface area contributed by atoms with Gasteiger partial charge < -0.3 is 5.32 Å². The van der Waals surface area contributed by atoms with Gasteiger partial charge in [0.2, 0.25) is 0 Å². The van der Waals surface area contributed by atoms with E-state index in [1.165, 1.54) is 0 Å². The second kappa shape index (κ2) is 5.55. The number of hydrazone groups is 1. The standard InChI is InChI=1S/C11H16N4S/c1-11(2,3)14-10(16)15-13-8-9-5-4-6-12-7-9/h4-8H,1-3H3,(H2,14,15,16)/b13-8-. The quantitative estimate of drug-likeness (QED) is 0.466. The van der Waals surface area contributed by atoms with Crippen molar-refractivity contribution in [2.24, 2.45) is 5.10 Å². The molecule has 0 aliphatic carbocycles. The SMILES string of the molecule is CC(C)(C)NC(=S)N/N=C\c1cccnc1. The Bertz CT molecular complexity index is 367. The first-order valence-corrected chi connectivity index (χ1v) is 5.39. The van der Waals surface area contributed by atoms with Crippen LogP contribution in [0.3, 0.4) is 0 Å². The zero-order valence-corrected chi connectivity index (χ0v) is 10.5. The van der Waals surface area contributed by atoms with Crippen LogP contribution in [0.15, 0.2) is 29.6 Å². The number of aromatic nitrogens is 1. The van der Waals surface area contributed by atoms with Gasteiger partial charge in [-0.25, -0.2) is 0 Å². The molecule has 16 heavy (non-hydrogen) atoms. The fourth-order valence-corrected chi connectivity index (χ4v) is 1.35. The van der Waals surface area contributed by atoms with E-state index in [9.17, 15) is 0 Å². The van der Waals surface area contributed by atoms with Crippen LogP contribution in [0.25, 0.3) is 0 Å². The Hall–Kier alpha value is -1.49. The fraction of sp³-hybridized carbons (Fsp3) is 0.364. The van der Waals surface area contributed by atoms with Crippen molar-refractivity contribution < 1.29 is 0 Å². The number of hydrogen-bond donors (Lipinski definition) is 2. The van der Waals surface area contributed by atoms with Gasteiger partial charge in [0.1, 0.15) is 0 Å². The highest BCUT2D eigenvalue weighted by molar-refractivity contribution is 7.80. The molecule has 0 amide bonds. The van der Waals surface area contributed by atoms with Gasteiger partial charge in [-0.1, -0.05) is 6.07 Å². The average molecular weight is 236 g/mol. The summed E-state index contributed by atoms with van der Waals surface area (Å²) < 4.78 is 0. The molecule has 1 aromatic heterocycles. The normalized spacial score (nSPS) is 11.4. The molecule has 2 N–H and O–H groups in total. The average Bonchev–Trinajstić information content (AvgIpc) is 2.16. The molecule has 86 valence electrons. The molecule has 0 radical (unpaired) electrons. The van der Waals surface area contributed by atoms with Crippen LogP contribution in [-0.2, 0) is 0 Å². The van der Waals surface area contributed by atoms with Crippen molar-refractivity contribution in [3.8, 4) is 0 Å². The number of pyridine rings is 1. The van der Waals surface area contributed by atoms with Crippen molar-refractivity contribution in [2.75, 3.05) is 0 Å². The second-order valence-electron chi connectivity index (χ2n) is 4.36. The van der Waals surface area contributed by atoms with Crippen molar-refractivity contribution in [1.82, 2.24) is 15.7 Å². The van der Waals surface area contributed by atoms with Crippen LogP contribution < -0.4 is 10.7 Å². The number of thiocarbonyl (C=S) groups is 1. The minimum Gasteiger partial charge on any atom is -0.357 e. The summed E-state index contributed by atoms with van der Waals surface area (Å²) in [6.07, 6.45) is 5.12. The predicted molar refractivity (Wildman–Crippen MR) is 70.5 cm³/mol. The zero-order valence-electron chi connectivity index (χ0n) is 9.69. The van der Waals surface area contributed by atoms with E-state index in [4.69, 9.17) is 12.2 Å². The monoisotopic (exact) mass is 236 g/mol. The molecule has 0 saturated heterocycles. The highest BCUT2D eigenvalue weighted by Gasteiger charge is 2.09. The van der Waals surface area contributed by atoms with Gasteiger partial charge in [-0.15, -0.1) is 0 Å². The Labute approximate surface area is 101 Å². The summed E-state index contributed by atoms with van der Waals surface area (Å²) in [6.45, 7) is 6.10. The molecule has 1 rings (SSSR count). The van der Waals surface area contributed by atoms with E-state index >= 15 is 0 Å². The summed E-state index contributed by atoms with van der Waals surface area (Å²) in [5, 5.41) is 7.61. The second-order valence-corrected chi connectivity index (χ2v) is 4.77. The van der Waals surface area contributed by atoms with E-state index in [1.54, 1.807) is 18.6 Å². The first-order chi connectivity index (χ1) is 7.47. The lowest BCUT2D eigenvalue weighted by Crippen LogP contribution is -2.44. The van der Waals surface area contributed by atoms with Crippen LogP contribution in [0, 0.1) is 0 Å². The smallest absolute Gasteiger partial charge is 0.187 e. The maximum absolute atomic E-state index is 5.07. The van der Waals surface area contributed by atoms with Gasteiger partial charge in [0.25, 0.3) is 0 Å². The Morgan fingerprint density at radius 3 is 2.81 bits per heavy atom. The van der Waals surface area contributed by atoms with E-state index in [0.717, 1.165) is 5.56 Å². The van der Waals surface area contributed by atoms with Crippen molar-refractivity contribution in [3.05, 3.63) is 30.1 Å². The maximum atomic E-state index is 5.07. The molecule has 1 aromatic rings. The van der Waals surface area contributed by atoms with Crippen LogP contribution in [0.4, 0.5) is 0 Å². The summed E-state index contributed by atoms with van der Waals surface area (Å²) in [5.41, 5.74) is 3.61. The van der Waals surface area contributed by atoms with E-state index in [2.05, 4.69) is 20.8 Å². The fourth-order valence-electron chi connectivity index (χ4n) is 0.986. The Balaban J connectivity index is 2.41. The van der Waals surface area contributed by atoms with Gasteiger partial charge in [0.05, 0.1) is 6.21 Å². The van der Waals surface area contributed by atoms with Crippen molar-refractivity contribution in [2.45, 2.75) is 26.3 Å². The third kappa shape index (κ3) is 5.41. The highest BCUT2D eigenvalue weighted by atomic mass is 32.1. The molecule has 5 heteroatoms. The molecule has 4 nitrogen and oxygen atoms in total. The van der Waals surface area contributed by atoms with Gasteiger partial charge in [0, 0.05) is 23.5 Å². The largest absolute Gasteiger partial charge is 0.357 e. The predicted octanol–water partition coefficient (Wildman–Crippen LogP) is 1.68. The number of rotatable bonds is 2. The topological polar surface area (TPSA) is 49.3 Å². The Kier molecular flexibility index (Phi) is 4.37. The third-order valence-electron chi connectivity index (χ3n) is 1.55. The summed E-state index contributed by atoms with van der Waals surface area (Å²) in [4.78, 5) is 3.97. The van der Waals surface area contributed by atoms with Gasteiger partial charge in [-0.3, -0.25) is 10.4 Å². The molecular formula is C11H16N4S. The molecule has 0 aliphatic rings. The van der Waals surface area contributed by atoms with Crippen molar-refractivity contribution in [3.63, 3.8) is 0 Å². The molecule has 0 spiro atoms. The van der Waals surface area contributed by atoms with Crippen LogP contribution in [0.1, 0.15) is 26.3 Å². The lowest BCUT2D eigenvalue weighted by atomic mass is 10.1. The maximum Gasteiger partial charge on any atom is 0.187 e. The highest BCUT2D eigenvalue weighted by Crippen LogP contribution is 1.97. The lowest BCUT2D eigenvalue weighted by molar-refractivity contribution is 0.508. The Morgan fingerprint density at radius 1 is 1.50 bits per heavy atom. The van der Waals surface area contributed by atoms with Crippen molar-refractivity contribution in [1.29, 1.82) is 0 Å². The molecule has 1 heterocycles. The van der Waals surface area contributed by atoms with E-state index in [0.29, 0.717) is 5.11 Å². The summed E-state index contributed by atoms with van der Waals surface area (Å²) in [5.74, 6) is 0. The first-order valence-electron chi connectivity index (χ1n) is 4.99. The molecule has 0 fully saturated rings. The minimum atomic E-state index is -0.0616. The lowest BCUT2D eigenvalue weighted by Gasteiger charge is -2.21. The minimum absolute atomic E-state index is 0.0616. The van der Waals surface area contributed by atoms with Crippen LogP contribution in [-0.4, -0.2) is 21.8 Å². The summed E-state index contributed by atoms with van der Waals surface area (Å²) in [6, 6.07) is 3.77. The molecule has 0 aliphatic heterocycles. The number of nitrogens with one attached hydrogen (secondary N) is 2. The van der Waals surface area contributed by atoms with E-state index in [-0.39, 0.29) is 5.54 Å². The number of hydrogen-bond acceptors (Lipinski definition) is 3. The van der Waals surface area contributed by atoms with Crippen LogP contribution >= 0.6 is 12.2 Å². The molecule has 0 aromatic carbocycles. The van der Waals surface area contributed by atoms with E-state index in [1.807, 2.05) is 32.9 Å². The number of nitrogens with zero attached hydrogens (tertiary/aromatic N) is 2. The zero-order chi connectivity index (χ0) is 12.0. The van der Waals surface area contributed by atoms with Gasteiger partial charge >= 0.3 is 0 Å². The molecule has 0 saturated carbocycles. The summed E-state index contributed by atoms with van der Waals surface area (Å²) >= 11 is 5.07. The molecule has 0 atom stereocenters. The van der Waals surface area contributed by atoms with Gasteiger partial charge in [0.15, 0.2) is 5.11 Å². The Morgan fingerprint density at radius 2 is 2.25 bits per heavy atom. The van der Waals surface area contributed by atoms with E-state index < -0.39 is 0 Å².